The van der Waals surface area contributed by atoms with E-state index >= 15 is 0 Å². The summed E-state index contributed by atoms with van der Waals surface area (Å²) in [6, 6.07) is 2.04. The summed E-state index contributed by atoms with van der Waals surface area (Å²) in [5, 5.41) is 11.2. The van der Waals surface area contributed by atoms with Gasteiger partial charge in [-0.1, -0.05) is 13.8 Å². The molecule has 1 unspecified atom stereocenters. The van der Waals surface area contributed by atoms with Crippen molar-refractivity contribution in [2.24, 2.45) is 0 Å². The van der Waals surface area contributed by atoms with Gasteiger partial charge in [-0.25, -0.2) is 4.98 Å². The third-order valence-electron chi connectivity index (χ3n) is 4.56. The zero-order valence-corrected chi connectivity index (χ0v) is 16.1. The monoisotopic (exact) mass is 361 g/mol. The van der Waals surface area contributed by atoms with Crippen LogP contribution in [0.1, 0.15) is 54.9 Å². The van der Waals surface area contributed by atoms with Gasteiger partial charge in [-0.2, -0.15) is 5.10 Å². The van der Waals surface area contributed by atoms with Crippen LogP contribution in [0.2, 0.25) is 0 Å². The van der Waals surface area contributed by atoms with E-state index in [9.17, 15) is 4.79 Å². The minimum atomic E-state index is 0.0514. The lowest BCUT2D eigenvalue weighted by molar-refractivity contribution is -0.131. The molecular weight excluding hydrogens is 334 g/mol. The third-order valence-corrected chi connectivity index (χ3v) is 5.76. The van der Waals surface area contributed by atoms with Gasteiger partial charge >= 0.3 is 0 Å². The molecule has 1 N–H and O–H groups in total. The van der Waals surface area contributed by atoms with Gasteiger partial charge < -0.3 is 10.2 Å². The number of rotatable bonds is 6. The van der Waals surface area contributed by atoms with Gasteiger partial charge in [-0.3, -0.25) is 9.48 Å². The minimum absolute atomic E-state index is 0.0514. The van der Waals surface area contributed by atoms with Gasteiger partial charge in [0.15, 0.2) is 0 Å². The van der Waals surface area contributed by atoms with Gasteiger partial charge in [0, 0.05) is 37.0 Å². The molecule has 1 saturated heterocycles. The molecular formula is C18H27N5OS. The lowest BCUT2D eigenvalue weighted by Gasteiger charge is -2.20. The van der Waals surface area contributed by atoms with Gasteiger partial charge in [0.05, 0.1) is 22.9 Å². The molecule has 0 spiro atoms. The molecule has 0 bridgehead atoms. The summed E-state index contributed by atoms with van der Waals surface area (Å²) in [6.07, 6.45) is 4.26. The molecule has 6 nitrogen and oxygen atoms in total. The maximum Gasteiger partial charge on any atom is 0.244 e. The van der Waals surface area contributed by atoms with Crippen molar-refractivity contribution in [2.75, 3.05) is 20.1 Å². The van der Waals surface area contributed by atoms with Gasteiger partial charge in [-0.05, 0) is 25.5 Å². The molecule has 1 aliphatic heterocycles. The average Bonchev–Trinajstić information content (AvgIpc) is 3.25. The Balaban J connectivity index is 1.54. The molecule has 2 aromatic rings. The third kappa shape index (κ3) is 4.67. The highest BCUT2D eigenvalue weighted by Crippen LogP contribution is 2.21. The first-order valence-electron chi connectivity index (χ1n) is 8.95. The molecule has 1 fully saturated rings. The molecule has 0 aromatic carbocycles. The molecule has 25 heavy (non-hydrogen) atoms. The summed E-state index contributed by atoms with van der Waals surface area (Å²) in [4.78, 5) is 18.8. The molecule has 1 aliphatic rings. The second kappa shape index (κ2) is 8.10. The van der Waals surface area contributed by atoms with Crippen LogP contribution in [-0.2, 0) is 17.9 Å². The number of hydrogen-bond acceptors (Lipinski definition) is 5. The molecule has 0 aliphatic carbocycles. The Bertz CT molecular complexity index is 702. The van der Waals surface area contributed by atoms with E-state index in [4.69, 9.17) is 0 Å². The van der Waals surface area contributed by atoms with E-state index < -0.39 is 0 Å². The number of nitrogens with one attached hydrogen (secondary N) is 1. The smallest absolute Gasteiger partial charge is 0.244 e. The SMILES string of the molecule is CC(C)c1nc(CN(C)C(=O)Cn2ccc(C3CCCNC3)n2)cs1. The van der Waals surface area contributed by atoms with Crippen LogP contribution in [-0.4, -0.2) is 45.7 Å². The Labute approximate surface area is 153 Å². The first kappa shape index (κ1) is 18.1. The van der Waals surface area contributed by atoms with Crippen molar-refractivity contribution in [1.82, 2.24) is 25.0 Å². The van der Waals surface area contributed by atoms with Crippen molar-refractivity contribution < 1.29 is 4.79 Å². The van der Waals surface area contributed by atoms with Crippen molar-refractivity contribution in [1.29, 1.82) is 0 Å². The van der Waals surface area contributed by atoms with Gasteiger partial charge in [0.2, 0.25) is 5.91 Å². The summed E-state index contributed by atoms with van der Waals surface area (Å²) in [5.74, 6) is 0.944. The fraction of sp³-hybridized carbons (Fsp3) is 0.611. The standard InChI is InChI=1S/C18H27N5OS/c1-13(2)18-20-15(12-25-18)10-22(3)17(24)11-23-8-6-16(21-23)14-5-4-7-19-9-14/h6,8,12-14,19H,4-5,7,9-11H2,1-3H3. The van der Waals surface area contributed by atoms with Gasteiger partial charge in [0.1, 0.15) is 6.54 Å². The maximum atomic E-state index is 12.5. The largest absolute Gasteiger partial charge is 0.338 e. The first-order valence-corrected chi connectivity index (χ1v) is 9.83. The van der Waals surface area contributed by atoms with Crippen molar-refractivity contribution in [3.8, 4) is 0 Å². The molecule has 1 amide bonds. The van der Waals surface area contributed by atoms with E-state index in [0.717, 1.165) is 29.5 Å². The number of hydrogen-bond donors (Lipinski definition) is 1. The van der Waals surface area contributed by atoms with Crippen LogP contribution in [0, 0.1) is 0 Å². The van der Waals surface area contributed by atoms with Crippen LogP contribution in [0.3, 0.4) is 0 Å². The number of thiazole rings is 1. The van der Waals surface area contributed by atoms with Gasteiger partial charge in [-0.15, -0.1) is 11.3 Å². The second-order valence-electron chi connectivity index (χ2n) is 7.06. The van der Waals surface area contributed by atoms with E-state index in [1.807, 2.05) is 24.7 Å². The van der Waals surface area contributed by atoms with Crippen molar-refractivity contribution in [3.05, 3.63) is 34.0 Å². The molecule has 7 heteroatoms. The van der Waals surface area contributed by atoms with Crippen molar-refractivity contribution in [3.63, 3.8) is 0 Å². The number of piperidine rings is 1. The van der Waals surface area contributed by atoms with E-state index in [2.05, 4.69) is 29.2 Å². The van der Waals surface area contributed by atoms with Crippen molar-refractivity contribution in [2.45, 2.75) is 51.6 Å². The van der Waals surface area contributed by atoms with Crippen LogP contribution < -0.4 is 5.32 Å². The number of aromatic nitrogens is 3. The van der Waals surface area contributed by atoms with E-state index in [1.54, 1.807) is 20.9 Å². The van der Waals surface area contributed by atoms with Crippen LogP contribution in [0.4, 0.5) is 0 Å². The summed E-state index contributed by atoms with van der Waals surface area (Å²) >= 11 is 1.66. The Morgan fingerprint density at radius 1 is 1.52 bits per heavy atom. The number of likely N-dealkylation sites (N-methyl/N-ethyl adjacent to an activating group) is 1. The fourth-order valence-electron chi connectivity index (χ4n) is 3.04. The molecule has 3 heterocycles. The van der Waals surface area contributed by atoms with Crippen molar-refractivity contribution >= 4 is 17.2 Å². The topological polar surface area (TPSA) is 63.1 Å². The summed E-state index contributed by atoms with van der Waals surface area (Å²) in [7, 11) is 1.83. The Morgan fingerprint density at radius 3 is 3.04 bits per heavy atom. The predicted octanol–water partition coefficient (Wildman–Crippen LogP) is 2.59. The van der Waals surface area contributed by atoms with E-state index in [1.165, 1.54) is 12.8 Å². The Kier molecular flexibility index (Phi) is 5.86. The summed E-state index contributed by atoms with van der Waals surface area (Å²) in [6.45, 7) is 7.16. The normalized spacial score (nSPS) is 17.8. The fourth-order valence-corrected chi connectivity index (χ4v) is 3.86. The molecule has 136 valence electrons. The lowest BCUT2D eigenvalue weighted by atomic mass is 9.97. The van der Waals surface area contributed by atoms with Crippen LogP contribution in [0.15, 0.2) is 17.6 Å². The van der Waals surface area contributed by atoms with E-state index in [-0.39, 0.29) is 12.5 Å². The highest BCUT2D eigenvalue weighted by atomic mass is 32.1. The lowest BCUT2D eigenvalue weighted by Crippen LogP contribution is -2.30. The number of carbonyl (C=O) groups is 1. The summed E-state index contributed by atoms with van der Waals surface area (Å²) < 4.78 is 1.75. The number of amides is 1. The molecule has 0 saturated carbocycles. The predicted molar refractivity (Wildman–Crippen MR) is 99.7 cm³/mol. The molecule has 2 aromatic heterocycles. The maximum absolute atomic E-state index is 12.5. The average molecular weight is 362 g/mol. The minimum Gasteiger partial charge on any atom is -0.338 e. The highest BCUT2D eigenvalue weighted by Gasteiger charge is 2.19. The second-order valence-corrected chi connectivity index (χ2v) is 7.95. The molecule has 0 radical (unpaired) electrons. The van der Waals surface area contributed by atoms with Crippen LogP contribution in [0.25, 0.3) is 0 Å². The Morgan fingerprint density at radius 2 is 2.36 bits per heavy atom. The van der Waals surface area contributed by atoms with Gasteiger partial charge in [0.25, 0.3) is 0 Å². The zero-order chi connectivity index (χ0) is 17.8. The Hall–Kier alpha value is -1.73. The molecule has 3 rings (SSSR count). The number of carbonyl (C=O) groups excluding carboxylic acids is 1. The van der Waals surface area contributed by atoms with E-state index in [0.29, 0.717) is 18.4 Å². The van der Waals surface area contributed by atoms with Crippen LogP contribution in [0.5, 0.6) is 0 Å². The quantitative estimate of drug-likeness (QED) is 0.859. The molecule has 1 atom stereocenters. The number of nitrogens with zero attached hydrogens (tertiary/aromatic N) is 4. The zero-order valence-electron chi connectivity index (χ0n) is 15.2. The van der Waals surface area contributed by atoms with Crippen LogP contribution >= 0.6 is 11.3 Å². The summed E-state index contributed by atoms with van der Waals surface area (Å²) in [5.41, 5.74) is 2.04. The highest BCUT2D eigenvalue weighted by molar-refractivity contribution is 7.09. The first-order chi connectivity index (χ1) is 12.0.